The van der Waals surface area contributed by atoms with E-state index in [4.69, 9.17) is 4.74 Å². The summed E-state index contributed by atoms with van der Waals surface area (Å²) >= 11 is 3.48. The minimum atomic E-state index is -0.344. The van der Waals surface area contributed by atoms with Crippen LogP contribution in [0.2, 0.25) is 0 Å². The minimum Gasteiger partial charge on any atom is -0.449 e. The average molecular weight is 429 g/mol. The summed E-state index contributed by atoms with van der Waals surface area (Å²) in [6, 6.07) is 14.8. The number of halogens is 1. The van der Waals surface area contributed by atoms with E-state index in [1.165, 1.54) is 4.90 Å². The maximum Gasteiger partial charge on any atom is 0.294 e. The Bertz CT molecular complexity index is 895. The topological polar surface area (TPSA) is 58.6 Å². The molecule has 0 spiro atoms. The Morgan fingerprint density at radius 1 is 1.22 bits per heavy atom. The van der Waals surface area contributed by atoms with Gasteiger partial charge in [-0.2, -0.15) is 0 Å². The molecule has 140 valence electrons. The molecule has 0 saturated carbocycles. The van der Waals surface area contributed by atoms with E-state index in [0.29, 0.717) is 11.4 Å². The van der Waals surface area contributed by atoms with Gasteiger partial charge in [0.2, 0.25) is 5.91 Å². The highest BCUT2D eigenvalue weighted by Crippen LogP contribution is 2.35. The van der Waals surface area contributed by atoms with Gasteiger partial charge in [0.25, 0.3) is 5.91 Å². The number of para-hydroxylation sites is 2. The van der Waals surface area contributed by atoms with Gasteiger partial charge in [0.05, 0.1) is 5.69 Å². The monoisotopic (exact) mass is 428 g/mol. The van der Waals surface area contributed by atoms with E-state index in [0.717, 1.165) is 16.5 Å². The molecule has 5 nitrogen and oxygen atoms in total. The number of amides is 2. The maximum absolute atomic E-state index is 13.0. The molecule has 0 bridgehead atoms. The third-order valence-corrected chi connectivity index (χ3v) is 5.07. The van der Waals surface area contributed by atoms with E-state index in [-0.39, 0.29) is 30.2 Å². The number of anilines is 1. The standard InChI is InChI=1S/C21H21BrN2O3/c1-3-14(2)23-20(25)13-24-17-10-6-7-11-18(17)27-19(21(24)26)12-15-8-4-5-9-16(15)22/h4-12,14H,3,13H2,1-2H3,(H,23,25)/b19-12+/t14-/m0/s1. The van der Waals surface area contributed by atoms with Crippen LogP contribution >= 0.6 is 15.9 Å². The summed E-state index contributed by atoms with van der Waals surface area (Å²) in [4.78, 5) is 26.9. The van der Waals surface area contributed by atoms with E-state index in [1.54, 1.807) is 18.2 Å². The van der Waals surface area contributed by atoms with E-state index in [1.807, 2.05) is 50.2 Å². The van der Waals surface area contributed by atoms with Crippen molar-refractivity contribution in [3.63, 3.8) is 0 Å². The van der Waals surface area contributed by atoms with Crippen LogP contribution in [0.15, 0.2) is 58.8 Å². The van der Waals surface area contributed by atoms with Crippen molar-refractivity contribution in [2.45, 2.75) is 26.3 Å². The lowest BCUT2D eigenvalue weighted by Gasteiger charge is -2.30. The number of benzene rings is 2. The second-order valence-electron chi connectivity index (χ2n) is 6.37. The second kappa shape index (κ2) is 8.39. The van der Waals surface area contributed by atoms with Crippen LogP contribution in [0.3, 0.4) is 0 Å². The van der Waals surface area contributed by atoms with Gasteiger partial charge in [-0.3, -0.25) is 14.5 Å². The van der Waals surface area contributed by atoms with Crippen LogP contribution in [-0.4, -0.2) is 24.4 Å². The summed E-state index contributed by atoms with van der Waals surface area (Å²) in [5.41, 5.74) is 1.41. The Morgan fingerprint density at radius 2 is 1.93 bits per heavy atom. The molecule has 0 saturated heterocycles. The quantitative estimate of drug-likeness (QED) is 0.728. The number of hydrogen-bond acceptors (Lipinski definition) is 3. The van der Waals surface area contributed by atoms with Gasteiger partial charge >= 0.3 is 0 Å². The van der Waals surface area contributed by atoms with Crippen LogP contribution in [0.25, 0.3) is 6.08 Å². The predicted molar refractivity (Wildman–Crippen MR) is 109 cm³/mol. The van der Waals surface area contributed by atoms with Crippen molar-refractivity contribution in [3.05, 3.63) is 64.3 Å². The third-order valence-electron chi connectivity index (χ3n) is 4.35. The molecule has 0 unspecified atom stereocenters. The molecular weight excluding hydrogens is 408 g/mol. The molecule has 1 aliphatic heterocycles. The largest absolute Gasteiger partial charge is 0.449 e. The SMILES string of the molecule is CC[C@H](C)NC(=O)CN1C(=O)/C(=C\c2ccccc2Br)Oc2ccccc21. The van der Waals surface area contributed by atoms with E-state index in [9.17, 15) is 9.59 Å². The fourth-order valence-electron chi connectivity index (χ4n) is 2.72. The Labute approximate surface area is 167 Å². The van der Waals surface area contributed by atoms with Crippen molar-refractivity contribution in [2.75, 3.05) is 11.4 Å². The number of nitrogens with zero attached hydrogens (tertiary/aromatic N) is 1. The van der Waals surface area contributed by atoms with Crippen molar-refractivity contribution in [3.8, 4) is 5.75 Å². The molecule has 3 rings (SSSR count). The predicted octanol–water partition coefficient (Wildman–Crippen LogP) is 4.13. The number of rotatable bonds is 5. The Kier molecular flexibility index (Phi) is 5.96. The smallest absolute Gasteiger partial charge is 0.294 e. The average Bonchev–Trinajstić information content (AvgIpc) is 2.66. The van der Waals surface area contributed by atoms with Gasteiger partial charge < -0.3 is 10.1 Å². The number of carbonyl (C=O) groups is 2. The van der Waals surface area contributed by atoms with Gasteiger partial charge in [-0.25, -0.2) is 0 Å². The van der Waals surface area contributed by atoms with Crippen molar-refractivity contribution >= 4 is 39.5 Å². The molecule has 2 aromatic rings. The first-order valence-corrected chi connectivity index (χ1v) is 9.63. The van der Waals surface area contributed by atoms with Gasteiger partial charge in [0, 0.05) is 10.5 Å². The second-order valence-corrected chi connectivity index (χ2v) is 7.22. The molecule has 1 heterocycles. The van der Waals surface area contributed by atoms with Crippen LogP contribution in [0.5, 0.6) is 5.75 Å². The first-order chi connectivity index (χ1) is 13.0. The van der Waals surface area contributed by atoms with E-state index in [2.05, 4.69) is 21.2 Å². The first kappa shape index (κ1) is 19.2. The molecule has 0 fully saturated rings. The molecular formula is C21H21BrN2O3. The molecule has 0 aromatic heterocycles. The van der Waals surface area contributed by atoms with Gasteiger partial charge in [0.1, 0.15) is 6.54 Å². The molecule has 0 aliphatic carbocycles. The molecule has 2 aromatic carbocycles. The summed E-state index contributed by atoms with van der Waals surface area (Å²) in [5, 5.41) is 2.90. The zero-order chi connectivity index (χ0) is 19.4. The summed E-state index contributed by atoms with van der Waals surface area (Å²) in [5.74, 6) is 0.182. The normalized spacial score (nSPS) is 15.9. The first-order valence-electron chi connectivity index (χ1n) is 8.84. The van der Waals surface area contributed by atoms with E-state index >= 15 is 0 Å². The molecule has 27 heavy (non-hydrogen) atoms. The van der Waals surface area contributed by atoms with Gasteiger partial charge in [-0.15, -0.1) is 0 Å². The highest BCUT2D eigenvalue weighted by Gasteiger charge is 2.31. The molecule has 0 radical (unpaired) electrons. The van der Waals surface area contributed by atoms with Crippen LogP contribution in [-0.2, 0) is 9.59 Å². The van der Waals surface area contributed by atoms with E-state index < -0.39 is 0 Å². The zero-order valence-corrected chi connectivity index (χ0v) is 16.8. The van der Waals surface area contributed by atoms with Crippen molar-refractivity contribution in [1.29, 1.82) is 0 Å². The lowest BCUT2D eigenvalue weighted by Crippen LogP contribution is -2.46. The summed E-state index contributed by atoms with van der Waals surface area (Å²) in [6.07, 6.45) is 2.51. The molecule has 6 heteroatoms. The summed E-state index contributed by atoms with van der Waals surface area (Å²) in [6.45, 7) is 3.88. The Morgan fingerprint density at radius 3 is 2.67 bits per heavy atom. The van der Waals surface area contributed by atoms with Crippen LogP contribution < -0.4 is 15.0 Å². The number of hydrogen-bond donors (Lipinski definition) is 1. The lowest BCUT2D eigenvalue weighted by atomic mass is 10.1. The highest BCUT2D eigenvalue weighted by molar-refractivity contribution is 9.10. The van der Waals surface area contributed by atoms with Crippen molar-refractivity contribution in [1.82, 2.24) is 5.32 Å². The third kappa shape index (κ3) is 4.39. The van der Waals surface area contributed by atoms with Crippen molar-refractivity contribution in [2.24, 2.45) is 0 Å². The Balaban J connectivity index is 1.93. The number of ether oxygens (including phenoxy) is 1. The molecule has 1 aliphatic rings. The maximum atomic E-state index is 13.0. The van der Waals surface area contributed by atoms with Gasteiger partial charge in [-0.1, -0.05) is 53.2 Å². The summed E-state index contributed by atoms with van der Waals surface area (Å²) < 4.78 is 6.69. The zero-order valence-electron chi connectivity index (χ0n) is 15.2. The van der Waals surface area contributed by atoms with Gasteiger partial charge in [0.15, 0.2) is 11.5 Å². The highest BCUT2D eigenvalue weighted by atomic mass is 79.9. The lowest BCUT2D eigenvalue weighted by molar-refractivity contribution is -0.123. The van der Waals surface area contributed by atoms with Gasteiger partial charge in [-0.05, 0) is 43.2 Å². The number of carbonyl (C=O) groups excluding carboxylic acids is 2. The molecule has 1 N–H and O–H groups in total. The molecule has 2 amide bonds. The minimum absolute atomic E-state index is 0.0548. The van der Waals surface area contributed by atoms with Crippen molar-refractivity contribution < 1.29 is 14.3 Å². The summed E-state index contributed by atoms with van der Waals surface area (Å²) in [7, 11) is 0. The van der Waals surface area contributed by atoms with Crippen LogP contribution in [0.4, 0.5) is 5.69 Å². The number of nitrogens with one attached hydrogen (secondary N) is 1. The molecule has 1 atom stereocenters. The van der Waals surface area contributed by atoms with Crippen LogP contribution in [0.1, 0.15) is 25.8 Å². The van der Waals surface area contributed by atoms with Crippen LogP contribution in [0, 0.1) is 0 Å². The number of fused-ring (bicyclic) bond motifs is 1. The Hall–Kier alpha value is -2.60. The fourth-order valence-corrected chi connectivity index (χ4v) is 3.12. The fraction of sp³-hybridized carbons (Fsp3) is 0.238.